The maximum atomic E-state index is 15.5. The smallest absolute Gasteiger partial charge is 0.476 e. The number of hydrogen-bond acceptors (Lipinski definition) is 22. The summed E-state index contributed by atoms with van der Waals surface area (Å²) in [4.78, 5) is 63.5. The summed E-state index contributed by atoms with van der Waals surface area (Å²) >= 11 is 0. The lowest BCUT2D eigenvalue weighted by atomic mass is 10.1. The number of aliphatic hydroxyl groups is 1. The summed E-state index contributed by atoms with van der Waals surface area (Å²) in [5, 5.41) is 37.9. The van der Waals surface area contributed by atoms with Crippen molar-refractivity contribution in [3.63, 3.8) is 0 Å². The molecule has 2 aromatic carbocycles. The van der Waals surface area contributed by atoms with E-state index in [4.69, 9.17) is 36.7 Å². The highest BCUT2D eigenvalue weighted by Gasteiger charge is 2.56. The monoisotopic (exact) mass is 1140 g/mol. The molecule has 0 aliphatic carbocycles. The molecule has 0 bridgehead atoms. The first kappa shape index (κ1) is 56.5. The van der Waals surface area contributed by atoms with Gasteiger partial charge >= 0.3 is 16.1 Å². The van der Waals surface area contributed by atoms with E-state index >= 15 is 4.57 Å². The van der Waals surface area contributed by atoms with E-state index in [1.54, 1.807) is 53.1 Å². The summed E-state index contributed by atoms with van der Waals surface area (Å²) in [7, 11) is -11.3. The zero-order chi connectivity index (χ0) is 56.2. The van der Waals surface area contributed by atoms with Crippen LogP contribution in [0.3, 0.4) is 0 Å². The number of nitro benzene ring substituents is 1. The van der Waals surface area contributed by atoms with E-state index < -0.39 is 109 Å². The molecule has 33 heteroatoms. The highest BCUT2D eigenvalue weighted by molar-refractivity contribution is 7.48. The molecule has 2 fully saturated rings. The summed E-state index contributed by atoms with van der Waals surface area (Å²) in [6.45, 7) is 8.03. The molecule has 1 amide bonds. The number of ether oxygens (including phenoxy) is 3. The van der Waals surface area contributed by atoms with Gasteiger partial charge < -0.3 is 29.1 Å². The first-order chi connectivity index (χ1) is 37.8. The topological polar surface area (TPSA) is 385 Å². The Morgan fingerprint density at radius 2 is 1.73 bits per heavy atom. The lowest BCUT2D eigenvalue weighted by Crippen LogP contribution is -2.50. The molecule has 0 spiro atoms. The number of amides is 1. The second-order valence-corrected chi connectivity index (χ2v) is 26.5. The molecule has 5 aromatic heterocycles. The fourth-order valence-corrected chi connectivity index (χ4v) is 11.8. The van der Waals surface area contributed by atoms with Crippen molar-refractivity contribution in [2.45, 2.75) is 101 Å². The largest absolute Gasteiger partial charge is 0.695 e. The van der Waals surface area contributed by atoms with Crippen LogP contribution in [0, 0.1) is 21.4 Å². The van der Waals surface area contributed by atoms with Gasteiger partial charge in [-0.05, 0) is 41.4 Å². The van der Waals surface area contributed by atoms with Gasteiger partial charge in [-0.3, -0.25) is 42.0 Å². The van der Waals surface area contributed by atoms with Gasteiger partial charge in [0, 0.05) is 46.0 Å². The molecule has 7 heterocycles. The summed E-state index contributed by atoms with van der Waals surface area (Å²) in [5.41, 5.74) is 11.5. The molecule has 9 rings (SSSR count). The number of nitriles is 1. The fraction of sp³-hybridized carbons (Fsp3) is 0.435. The van der Waals surface area contributed by atoms with Crippen LogP contribution >= 0.6 is 16.1 Å². The van der Waals surface area contributed by atoms with Gasteiger partial charge in [0.25, 0.3) is 11.6 Å². The number of non-ortho nitro benzene ring substituents is 1. The SMILES string of the molecule is CC(C)(C)[Si](C)(C)O[C@H]1[C@@H](OP(=O)(OCCC#N)OC[C@H]2O[C@@H](n3cnc4c(NC(=O)c5ccccc5)ncnc43)[C@H](N=[N+]=[N-])[C@@H]2O[P+](=O)O)[C@H](n2cnc3c(OCCc4ccc([N+](=O)[O-])cc4)nc4nccn4c32)O[C@@H]1CO. The number of rotatable bonds is 23. The number of hydrogen-bond donors (Lipinski definition) is 3. The van der Waals surface area contributed by atoms with Gasteiger partial charge in [0.1, 0.15) is 43.0 Å². The number of carbonyl (C=O) groups is 1. The molecule has 0 radical (unpaired) electrons. The van der Waals surface area contributed by atoms with Gasteiger partial charge in [0.05, 0.1) is 56.5 Å². The molecule has 0 saturated carbocycles. The highest BCUT2D eigenvalue weighted by Crippen LogP contribution is 2.56. The molecule has 2 unspecified atom stereocenters. The standard InChI is InChI=1S/C46H51N15O15P2Si/c1-46(2,3)79(4,5)76-36-30(22-62)72-44(60-26-53-34-41(55-45-49-18-19-58(45)42(34)60)69-21-16-27-12-14-29(15-13-27)61(64)65)37(36)75-78(68,70-20-9-17-47)71-23-31-35(74-77(66)67)32(56-57-48)43(73-31)59-25-52-33-38(50-24-51-39(33)59)54-40(63)28-10-7-6-8-11-28/h6-8,10-15,18-19,24-26,30-32,35-37,43-44,62H,9,16,20-23H2,1-5H3,(H-,50,51,54,63,66,67)/p+1/t30-,31-,32-,35-,36-,37-,43-,44-,78?/m1/s1. The van der Waals surface area contributed by atoms with Gasteiger partial charge in [-0.15, -0.1) is 9.42 Å². The van der Waals surface area contributed by atoms with E-state index in [2.05, 4.69) is 45.2 Å². The molecule has 3 N–H and O–H groups in total. The minimum Gasteiger partial charge on any atom is -0.476 e. The predicted octanol–water partition coefficient (Wildman–Crippen LogP) is 7.03. The van der Waals surface area contributed by atoms with E-state index in [0.29, 0.717) is 17.6 Å². The summed E-state index contributed by atoms with van der Waals surface area (Å²) in [5.74, 6) is -0.240. The molecule has 7 aromatic rings. The van der Waals surface area contributed by atoms with Gasteiger partial charge in [-0.1, -0.05) is 56.2 Å². The van der Waals surface area contributed by atoms with Crippen molar-refractivity contribution in [3.05, 3.63) is 118 Å². The Bertz CT molecular complexity index is 3520. The molecule has 2 aliphatic rings. The second kappa shape index (κ2) is 23.6. The number of imidazole rings is 3. The van der Waals surface area contributed by atoms with Crippen LogP contribution in [0.1, 0.15) is 55.6 Å². The number of nitro groups is 1. The average molecular weight is 1150 g/mol. The van der Waals surface area contributed by atoms with Crippen LogP contribution in [0.4, 0.5) is 11.5 Å². The number of phosphoric acid groups is 1. The summed E-state index contributed by atoms with van der Waals surface area (Å²) in [6.07, 6.45) is -2.74. The number of carbonyl (C=O) groups excluding carboxylic acids is 1. The van der Waals surface area contributed by atoms with E-state index in [-0.39, 0.29) is 52.9 Å². The third kappa shape index (κ3) is 12.0. The minimum atomic E-state index is -5.05. The number of fused-ring (bicyclic) bond motifs is 4. The molecule has 79 heavy (non-hydrogen) atoms. The Morgan fingerprint density at radius 3 is 2.43 bits per heavy atom. The van der Waals surface area contributed by atoms with Crippen LogP contribution in [0.5, 0.6) is 5.88 Å². The van der Waals surface area contributed by atoms with Crippen molar-refractivity contribution in [1.29, 1.82) is 5.26 Å². The zero-order valence-electron chi connectivity index (χ0n) is 42.8. The highest BCUT2D eigenvalue weighted by atomic mass is 31.2. The van der Waals surface area contributed by atoms with Crippen LogP contribution in [-0.4, -0.2) is 136 Å². The van der Waals surface area contributed by atoms with Crippen LogP contribution in [-0.2, 0) is 47.5 Å². The number of nitrogens with zero attached hydrogens (tertiary/aromatic N) is 14. The number of anilines is 1. The Labute approximate surface area is 450 Å². The molecular formula is C46H52N15O15P2Si+. The third-order valence-electron chi connectivity index (χ3n) is 13.5. The van der Waals surface area contributed by atoms with Crippen LogP contribution in [0.25, 0.3) is 38.5 Å². The van der Waals surface area contributed by atoms with Gasteiger partial charge in [0.15, 0.2) is 48.8 Å². The normalized spacial score (nSPS) is 22.4. The molecule has 2 saturated heterocycles. The first-order valence-corrected chi connectivity index (χ1v) is 29.8. The van der Waals surface area contributed by atoms with Crippen molar-refractivity contribution >= 4 is 69.9 Å². The number of aromatic nitrogens is 9. The quantitative estimate of drug-likeness (QED) is 0.00845. The van der Waals surface area contributed by atoms with Crippen molar-refractivity contribution in [3.8, 4) is 11.9 Å². The van der Waals surface area contributed by atoms with Gasteiger partial charge in [-0.25, -0.2) is 29.5 Å². The fourth-order valence-electron chi connectivity index (χ4n) is 8.63. The number of nitrogens with one attached hydrogen (secondary N) is 1. The Kier molecular flexibility index (Phi) is 16.9. The minimum absolute atomic E-state index is 0.0172. The molecule has 30 nitrogen and oxygen atoms in total. The third-order valence-corrected chi connectivity index (χ3v) is 19.9. The second-order valence-electron chi connectivity index (χ2n) is 19.4. The maximum Gasteiger partial charge on any atom is 0.695 e. The van der Waals surface area contributed by atoms with E-state index in [1.807, 2.05) is 39.9 Å². The van der Waals surface area contributed by atoms with Crippen LogP contribution in [0.15, 0.2) is 91.1 Å². The molecular weight excluding hydrogens is 1090 g/mol. The van der Waals surface area contributed by atoms with Crippen molar-refractivity contribution < 1.29 is 65.6 Å². The maximum absolute atomic E-state index is 15.5. The Morgan fingerprint density at radius 1 is 1.00 bits per heavy atom. The van der Waals surface area contributed by atoms with Gasteiger partial charge in [0.2, 0.25) is 11.7 Å². The van der Waals surface area contributed by atoms with Crippen molar-refractivity contribution in [2.24, 2.45) is 5.11 Å². The Balaban J connectivity index is 1.05. The summed E-state index contributed by atoms with van der Waals surface area (Å²) in [6, 6.07) is 14.8. The first-order valence-electron chi connectivity index (χ1n) is 24.3. The predicted molar refractivity (Wildman–Crippen MR) is 278 cm³/mol. The number of azide groups is 1. The van der Waals surface area contributed by atoms with E-state index in [9.17, 15) is 40.3 Å². The Hall–Kier alpha value is -7.26. The number of aliphatic hydroxyl groups excluding tert-OH is 1. The molecule has 414 valence electrons. The lowest BCUT2D eigenvalue weighted by Gasteiger charge is -2.40. The summed E-state index contributed by atoms with van der Waals surface area (Å²) < 4.78 is 82.3. The number of phosphoric ester groups is 1. The van der Waals surface area contributed by atoms with Gasteiger partial charge in [-0.2, -0.15) is 10.2 Å². The molecule has 2 aliphatic heterocycles. The number of benzene rings is 2. The van der Waals surface area contributed by atoms with E-state index in [1.165, 1.54) is 40.1 Å². The van der Waals surface area contributed by atoms with E-state index in [0.717, 1.165) is 11.9 Å². The molecule has 10 atom stereocenters. The van der Waals surface area contributed by atoms with Crippen molar-refractivity contribution in [1.82, 2.24) is 43.4 Å². The lowest BCUT2D eigenvalue weighted by molar-refractivity contribution is -0.384. The average Bonchev–Trinajstić information content (AvgIpc) is 4.41. The van der Waals surface area contributed by atoms with Crippen molar-refractivity contribution in [2.75, 3.05) is 31.7 Å². The zero-order valence-corrected chi connectivity index (χ0v) is 45.6. The van der Waals surface area contributed by atoms with Crippen LogP contribution in [0.2, 0.25) is 18.1 Å². The van der Waals surface area contributed by atoms with Crippen LogP contribution < -0.4 is 10.1 Å².